The topological polar surface area (TPSA) is 76.9 Å². The predicted octanol–water partition coefficient (Wildman–Crippen LogP) is 6.19. The molecule has 1 aliphatic rings. The summed E-state index contributed by atoms with van der Waals surface area (Å²) in [5, 5.41) is 4.44. The number of alkyl halides is 3. The van der Waals surface area contributed by atoms with E-state index in [2.05, 4.69) is 30.7 Å². The summed E-state index contributed by atoms with van der Waals surface area (Å²) in [4.78, 5) is 2.81. The quantitative estimate of drug-likeness (QED) is 0.273. The van der Waals surface area contributed by atoms with Crippen LogP contribution >= 0.6 is 15.9 Å². The average Bonchev–Trinajstić information content (AvgIpc) is 3.51. The lowest BCUT2D eigenvalue weighted by molar-refractivity contribution is -0.141. The maximum Gasteiger partial charge on any atom is 0.433 e. The predicted molar refractivity (Wildman–Crippen MR) is 125 cm³/mol. The van der Waals surface area contributed by atoms with Crippen molar-refractivity contribution in [1.82, 2.24) is 19.5 Å². The first-order chi connectivity index (χ1) is 16.6. The Balaban J connectivity index is 1.81. The third-order valence-corrected chi connectivity index (χ3v) is 7.83. The zero-order valence-electron chi connectivity index (χ0n) is 19.4. The Morgan fingerprint density at radius 1 is 1.08 bits per heavy atom. The molecule has 36 heavy (non-hydrogen) atoms. The van der Waals surface area contributed by atoms with Gasteiger partial charge in [-0.3, -0.25) is 9.67 Å². The lowest BCUT2D eigenvalue weighted by Crippen LogP contribution is -2.31. The molecule has 1 N–H and O–H groups in total. The van der Waals surface area contributed by atoms with Crippen molar-refractivity contribution in [2.45, 2.75) is 56.3 Å². The van der Waals surface area contributed by atoms with E-state index in [4.69, 9.17) is 0 Å². The molecule has 1 fully saturated rings. The fourth-order valence-electron chi connectivity index (χ4n) is 3.86. The van der Waals surface area contributed by atoms with Crippen LogP contribution in [0, 0.1) is 17.6 Å². The summed E-state index contributed by atoms with van der Waals surface area (Å²) in [6.07, 6.45) is -1.19. The highest BCUT2D eigenvalue weighted by Gasteiger charge is 2.40. The zero-order chi connectivity index (χ0) is 26.6. The third-order valence-electron chi connectivity index (χ3n) is 5.75. The molecule has 1 aromatic carbocycles. The smallest absolute Gasteiger partial charge is 0.259 e. The SMILES string of the molecule is CC(C)(C)n1ncc([C@H](NS(=O)(=O)c2ccc(C(F)(F)F)nc2)C2CC2)c1-c1cc(F)c(F)cc1Br. The van der Waals surface area contributed by atoms with Crippen molar-refractivity contribution in [2.24, 2.45) is 5.92 Å². The lowest BCUT2D eigenvalue weighted by atomic mass is 9.98. The first kappa shape index (κ1) is 26.7. The maximum atomic E-state index is 14.3. The maximum absolute atomic E-state index is 14.3. The molecule has 194 valence electrons. The standard InChI is InChI=1S/C23H22BrF5N4O2S/c1-22(2,3)33-21(14-8-17(25)18(26)9-16(14)24)15(11-31-33)20(12-4-5-12)32-36(34,35)13-6-7-19(30-10-13)23(27,28)29/h6-12,20,32H,4-5H2,1-3H3/t20-/m1/s1. The molecule has 1 atom stereocenters. The van der Waals surface area contributed by atoms with Crippen molar-refractivity contribution in [3.8, 4) is 11.3 Å². The first-order valence-electron chi connectivity index (χ1n) is 10.9. The number of hydrogen-bond acceptors (Lipinski definition) is 4. The Labute approximate surface area is 213 Å². The van der Waals surface area contributed by atoms with Gasteiger partial charge in [-0.15, -0.1) is 0 Å². The second-order valence-electron chi connectivity index (χ2n) is 9.59. The summed E-state index contributed by atoms with van der Waals surface area (Å²) in [7, 11) is -4.29. The number of nitrogens with zero attached hydrogens (tertiary/aromatic N) is 3. The van der Waals surface area contributed by atoms with E-state index in [1.807, 2.05) is 20.8 Å². The second kappa shape index (κ2) is 9.18. The largest absolute Gasteiger partial charge is 0.433 e. The van der Waals surface area contributed by atoms with Gasteiger partial charge in [-0.05, 0) is 79.7 Å². The monoisotopic (exact) mass is 592 g/mol. The molecule has 2 aromatic heterocycles. The number of pyridine rings is 1. The summed E-state index contributed by atoms with van der Waals surface area (Å²) in [6.45, 7) is 5.56. The van der Waals surface area contributed by atoms with E-state index >= 15 is 0 Å². The summed E-state index contributed by atoms with van der Waals surface area (Å²) in [5.74, 6) is -2.26. The fourth-order valence-corrected chi connectivity index (χ4v) is 5.59. The molecule has 0 aliphatic heterocycles. The Morgan fingerprint density at radius 3 is 2.25 bits per heavy atom. The molecule has 0 saturated heterocycles. The summed E-state index contributed by atoms with van der Waals surface area (Å²) < 4.78 is 97.4. The molecule has 2 heterocycles. The minimum atomic E-state index is -4.71. The van der Waals surface area contributed by atoms with Gasteiger partial charge in [0.05, 0.1) is 23.5 Å². The van der Waals surface area contributed by atoms with Crippen LogP contribution in [0.2, 0.25) is 0 Å². The van der Waals surface area contributed by atoms with Gasteiger partial charge in [0, 0.05) is 21.8 Å². The van der Waals surface area contributed by atoms with Crippen molar-refractivity contribution < 1.29 is 30.4 Å². The minimum absolute atomic E-state index is 0.123. The second-order valence-corrected chi connectivity index (χ2v) is 12.2. The minimum Gasteiger partial charge on any atom is -0.259 e. The Kier molecular flexibility index (Phi) is 6.80. The molecular weight excluding hydrogens is 571 g/mol. The van der Waals surface area contributed by atoms with Crippen molar-refractivity contribution in [2.75, 3.05) is 0 Å². The van der Waals surface area contributed by atoms with Crippen LogP contribution < -0.4 is 4.72 Å². The van der Waals surface area contributed by atoms with E-state index < -0.39 is 50.0 Å². The van der Waals surface area contributed by atoms with E-state index in [0.717, 1.165) is 18.2 Å². The van der Waals surface area contributed by atoms with Crippen LogP contribution in [-0.4, -0.2) is 23.2 Å². The van der Waals surface area contributed by atoms with E-state index in [1.165, 1.54) is 6.20 Å². The van der Waals surface area contributed by atoms with Crippen molar-refractivity contribution in [3.05, 3.63) is 64.0 Å². The number of benzene rings is 1. The van der Waals surface area contributed by atoms with E-state index in [1.54, 1.807) is 4.68 Å². The third kappa shape index (κ3) is 5.32. The van der Waals surface area contributed by atoms with Gasteiger partial charge in [0.15, 0.2) is 11.6 Å². The van der Waals surface area contributed by atoms with Crippen LogP contribution in [0.4, 0.5) is 22.0 Å². The number of halogens is 6. The van der Waals surface area contributed by atoms with E-state index in [-0.39, 0.29) is 16.0 Å². The van der Waals surface area contributed by atoms with Crippen LogP contribution in [0.5, 0.6) is 0 Å². The molecule has 0 bridgehead atoms. The van der Waals surface area contributed by atoms with E-state index in [0.29, 0.717) is 36.4 Å². The first-order valence-corrected chi connectivity index (χ1v) is 13.2. The van der Waals surface area contributed by atoms with Crippen molar-refractivity contribution in [3.63, 3.8) is 0 Å². The van der Waals surface area contributed by atoms with Crippen LogP contribution in [0.3, 0.4) is 0 Å². The van der Waals surface area contributed by atoms with Crippen LogP contribution in [0.1, 0.15) is 50.9 Å². The molecule has 0 radical (unpaired) electrons. The van der Waals surface area contributed by atoms with Crippen LogP contribution in [0.15, 0.2) is 46.0 Å². The van der Waals surface area contributed by atoms with Gasteiger partial charge < -0.3 is 0 Å². The molecule has 4 rings (SSSR count). The Hall–Kier alpha value is -2.38. The van der Waals surface area contributed by atoms with Gasteiger partial charge in [-0.2, -0.15) is 18.3 Å². The van der Waals surface area contributed by atoms with Crippen LogP contribution in [0.25, 0.3) is 11.3 Å². The molecule has 1 saturated carbocycles. The molecule has 1 aliphatic carbocycles. The summed E-state index contributed by atoms with van der Waals surface area (Å²) in [6, 6.07) is 2.62. The summed E-state index contributed by atoms with van der Waals surface area (Å²) >= 11 is 3.27. The molecular formula is C23H22BrF5N4O2S. The highest BCUT2D eigenvalue weighted by atomic mass is 79.9. The fraction of sp³-hybridized carbons (Fsp3) is 0.391. The van der Waals surface area contributed by atoms with Gasteiger partial charge in [-0.1, -0.05) is 0 Å². The van der Waals surface area contributed by atoms with E-state index in [9.17, 15) is 30.4 Å². The van der Waals surface area contributed by atoms with Gasteiger partial charge in [-0.25, -0.2) is 21.9 Å². The van der Waals surface area contributed by atoms with Gasteiger partial charge >= 0.3 is 6.18 Å². The molecule has 0 unspecified atom stereocenters. The Morgan fingerprint density at radius 2 is 1.72 bits per heavy atom. The van der Waals surface area contributed by atoms with Crippen LogP contribution in [-0.2, 0) is 21.7 Å². The number of nitrogens with one attached hydrogen (secondary N) is 1. The normalized spacial score (nSPS) is 15.8. The van der Waals surface area contributed by atoms with Gasteiger partial charge in [0.25, 0.3) is 0 Å². The summed E-state index contributed by atoms with van der Waals surface area (Å²) in [5.41, 5.74) is -0.724. The number of hydrogen-bond donors (Lipinski definition) is 1. The zero-order valence-corrected chi connectivity index (χ0v) is 21.8. The molecule has 3 aromatic rings. The highest BCUT2D eigenvalue weighted by molar-refractivity contribution is 9.10. The molecule has 0 spiro atoms. The Bertz CT molecular complexity index is 1400. The number of sulfonamides is 1. The molecule has 6 nitrogen and oxygen atoms in total. The van der Waals surface area contributed by atoms with Gasteiger partial charge in [0.2, 0.25) is 10.0 Å². The average molecular weight is 593 g/mol. The van der Waals surface area contributed by atoms with Crippen molar-refractivity contribution in [1.29, 1.82) is 0 Å². The molecule has 0 amide bonds. The lowest BCUT2D eigenvalue weighted by Gasteiger charge is -2.25. The molecule has 13 heteroatoms. The number of rotatable bonds is 6. The highest BCUT2D eigenvalue weighted by Crippen LogP contribution is 2.46. The van der Waals surface area contributed by atoms with Gasteiger partial charge in [0.1, 0.15) is 10.6 Å². The van der Waals surface area contributed by atoms with Crippen molar-refractivity contribution >= 4 is 26.0 Å². The number of aromatic nitrogens is 3.